The van der Waals surface area contributed by atoms with Crippen LogP contribution in [0.5, 0.6) is 0 Å². The van der Waals surface area contributed by atoms with Crippen LogP contribution in [0.3, 0.4) is 0 Å². The van der Waals surface area contributed by atoms with Crippen LogP contribution in [0, 0.1) is 13.8 Å². The lowest BCUT2D eigenvalue weighted by Gasteiger charge is -2.05. The predicted octanol–water partition coefficient (Wildman–Crippen LogP) is 1.96. The second kappa shape index (κ2) is 5.88. The third-order valence-electron chi connectivity index (χ3n) is 1.79. The van der Waals surface area contributed by atoms with E-state index in [2.05, 4.69) is 21.9 Å². The van der Waals surface area contributed by atoms with Gasteiger partial charge in [-0.25, -0.2) is 9.97 Å². The van der Waals surface area contributed by atoms with Crippen molar-refractivity contribution in [1.82, 2.24) is 15.3 Å². The average molecular weight is 223 g/mol. The van der Waals surface area contributed by atoms with Gasteiger partial charge in [0, 0.05) is 23.7 Å². The van der Waals surface area contributed by atoms with Crippen molar-refractivity contribution in [2.45, 2.75) is 19.0 Å². The van der Waals surface area contributed by atoms with Gasteiger partial charge in [0.05, 0.1) is 0 Å². The van der Waals surface area contributed by atoms with Gasteiger partial charge in [-0.3, -0.25) is 0 Å². The molecule has 82 valence electrons. The van der Waals surface area contributed by atoms with Gasteiger partial charge in [0.25, 0.3) is 0 Å². The standard InChI is InChI=1S/C11H17N3S/c1-8(6-12-4)7-15-11-13-9(2)5-10(3)14-11/h5,12H,1,6-7H2,2-4H3. The summed E-state index contributed by atoms with van der Waals surface area (Å²) in [6.45, 7) is 8.79. The molecule has 3 nitrogen and oxygen atoms in total. The summed E-state index contributed by atoms with van der Waals surface area (Å²) in [5.41, 5.74) is 3.19. The Morgan fingerprint density at radius 3 is 2.53 bits per heavy atom. The largest absolute Gasteiger partial charge is 0.316 e. The van der Waals surface area contributed by atoms with Gasteiger partial charge in [-0.2, -0.15) is 0 Å². The number of thioether (sulfide) groups is 1. The van der Waals surface area contributed by atoms with Crippen molar-refractivity contribution in [3.63, 3.8) is 0 Å². The molecule has 0 amide bonds. The van der Waals surface area contributed by atoms with E-state index in [1.807, 2.05) is 27.0 Å². The van der Waals surface area contributed by atoms with Crippen molar-refractivity contribution in [2.75, 3.05) is 19.3 Å². The average Bonchev–Trinajstić information content (AvgIpc) is 2.14. The maximum Gasteiger partial charge on any atom is 0.188 e. The number of nitrogens with zero attached hydrogens (tertiary/aromatic N) is 2. The first kappa shape index (κ1) is 12.2. The molecule has 0 spiro atoms. The highest BCUT2D eigenvalue weighted by molar-refractivity contribution is 7.99. The van der Waals surface area contributed by atoms with E-state index in [4.69, 9.17) is 0 Å². The minimum atomic E-state index is 0.838. The van der Waals surface area contributed by atoms with E-state index in [1.165, 1.54) is 0 Å². The summed E-state index contributed by atoms with van der Waals surface area (Å²) < 4.78 is 0. The highest BCUT2D eigenvalue weighted by atomic mass is 32.2. The van der Waals surface area contributed by atoms with Gasteiger partial charge in [0.15, 0.2) is 5.16 Å². The van der Waals surface area contributed by atoms with E-state index in [9.17, 15) is 0 Å². The summed E-state index contributed by atoms with van der Waals surface area (Å²) in [5.74, 6) is 0.865. The minimum absolute atomic E-state index is 0.838. The summed E-state index contributed by atoms with van der Waals surface area (Å²) in [7, 11) is 1.92. The highest BCUT2D eigenvalue weighted by Crippen LogP contribution is 2.16. The van der Waals surface area contributed by atoms with E-state index < -0.39 is 0 Å². The summed E-state index contributed by atoms with van der Waals surface area (Å²) in [6, 6.07) is 1.98. The smallest absolute Gasteiger partial charge is 0.188 e. The Kier molecular flexibility index (Phi) is 4.78. The van der Waals surface area contributed by atoms with Crippen molar-refractivity contribution in [3.05, 3.63) is 29.6 Å². The van der Waals surface area contributed by atoms with Crippen molar-refractivity contribution in [3.8, 4) is 0 Å². The molecule has 1 heterocycles. The van der Waals surface area contributed by atoms with Crippen molar-refractivity contribution >= 4 is 11.8 Å². The van der Waals surface area contributed by atoms with Crippen LogP contribution in [-0.4, -0.2) is 29.3 Å². The number of likely N-dealkylation sites (N-methyl/N-ethyl adjacent to an activating group) is 1. The molecule has 0 aliphatic carbocycles. The predicted molar refractivity (Wildman–Crippen MR) is 65.3 cm³/mol. The molecule has 0 saturated heterocycles. The number of hydrogen-bond donors (Lipinski definition) is 1. The lowest BCUT2D eigenvalue weighted by Crippen LogP contribution is -2.11. The van der Waals surface area contributed by atoms with E-state index in [0.717, 1.165) is 34.4 Å². The van der Waals surface area contributed by atoms with E-state index >= 15 is 0 Å². The third-order valence-corrected chi connectivity index (χ3v) is 2.79. The topological polar surface area (TPSA) is 37.8 Å². The molecular weight excluding hydrogens is 206 g/mol. The van der Waals surface area contributed by atoms with Crippen molar-refractivity contribution < 1.29 is 0 Å². The third kappa shape index (κ3) is 4.44. The Balaban J connectivity index is 2.54. The van der Waals surface area contributed by atoms with Crippen LogP contribution in [0.25, 0.3) is 0 Å². The second-order valence-electron chi connectivity index (χ2n) is 3.50. The lowest BCUT2D eigenvalue weighted by atomic mass is 10.3. The fourth-order valence-electron chi connectivity index (χ4n) is 1.23. The first-order chi connectivity index (χ1) is 7.11. The number of hydrogen-bond acceptors (Lipinski definition) is 4. The molecule has 1 N–H and O–H groups in total. The zero-order valence-corrected chi connectivity index (χ0v) is 10.3. The molecule has 0 aromatic carbocycles. The molecule has 0 saturated carbocycles. The van der Waals surface area contributed by atoms with Gasteiger partial charge in [-0.1, -0.05) is 23.9 Å². The van der Waals surface area contributed by atoms with Gasteiger partial charge < -0.3 is 5.32 Å². The molecule has 1 aromatic rings. The molecule has 0 aliphatic heterocycles. The van der Waals surface area contributed by atoms with Crippen LogP contribution in [0.15, 0.2) is 23.4 Å². The van der Waals surface area contributed by atoms with Crippen LogP contribution in [0.1, 0.15) is 11.4 Å². The van der Waals surface area contributed by atoms with Gasteiger partial charge >= 0.3 is 0 Å². The summed E-state index contributed by atoms with van der Waals surface area (Å²) in [6.07, 6.45) is 0. The molecular formula is C11H17N3S. The molecule has 0 atom stereocenters. The van der Waals surface area contributed by atoms with E-state index in [1.54, 1.807) is 11.8 Å². The Hall–Kier alpha value is -0.870. The number of aromatic nitrogens is 2. The molecule has 0 aliphatic rings. The zero-order chi connectivity index (χ0) is 11.3. The van der Waals surface area contributed by atoms with Gasteiger partial charge in [0.1, 0.15) is 0 Å². The summed E-state index contributed by atoms with van der Waals surface area (Å²) >= 11 is 1.64. The molecule has 0 bridgehead atoms. The molecule has 1 aromatic heterocycles. The normalized spacial score (nSPS) is 10.3. The Bertz CT molecular complexity index is 329. The Labute approximate surface area is 95.4 Å². The van der Waals surface area contributed by atoms with Crippen molar-refractivity contribution in [2.24, 2.45) is 0 Å². The first-order valence-electron chi connectivity index (χ1n) is 4.88. The number of nitrogens with one attached hydrogen (secondary N) is 1. The molecule has 1 rings (SSSR count). The van der Waals surface area contributed by atoms with E-state index in [-0.39, 0.29) is 0 Å². The van der Waals surface area contributed by atoms with Gasteiger partial charge in [0.2, 0.25) is 0 Å². The summed E-state index contributed by atoms with van der Waals surface area (Å²) in [4.78, 5) is 8.71. The zero-order valence-electron chi connectivity index (χ0n) is 9.50. The molecule has 0 unspecified atom stereocenters. The van der Waals surface area contributed by atoms with Crippen LogP contribution >= 0.6 is 11.8 Å². The van der Waals surface area contributed by atoms with Crippen molar-refractivity contribution in [1.29, 1.82) is 0 Å². The quantitative estimate of drug-likeness (QED) is 0.470. The highest BCUT2D eigenvalue weighted by Gasteiger charge is 2.01. The fraction of sp³-hybridized carbons (Fsp3) is 0.455. The Morgan fingerprint density at radius 2 is 2.00 bits per heavy atom. The maximum absolute atomic E-state index is 4.36. The van der Waals surface area contributed by atoms with Crippen LogP contribution < -0.4 is 5.32 Å². The monoisotopic (exact) mass is 223 g/mol. The SMILES string of the molecule is C=C(CNC)CSc1nc(C)cc(C)n1. The van der Waals surface area contributed by atoms with E-state index in [0.29, 0.717) is 0 Å². The minimum Gasteiger partial charge on any atom is -0.316 e. The molecule has 0 radical (unpaired) electrons. The van der Waals surface area contributed by atoms with Gasteiger partial charge in [-0.15, -0.1) is 0 Å². The Morgan fingerprint density at radius 1 is 1.40 bits per heavy atom. The van der Waals surface area contributed by atoms with Crippen LogP contribution in [0.2, 0.25) is 0 Å². The fourth-order valence-corrected chi connectivity index (χ4v) is 2.08. The molecule has 15 heavy (non-hydrogen) atoms. The number of aryl methyl sites for hydroxylation is 2. The summed E-state index contributed by atoms with van der Waals surface area (Å²) in [5, 5.41) is 3.91. The van der Waals surface area contributed by atoms with Crippen LogP contribution in [0.4, 0.5) is 0 Å². The molecule has 0 fully saturated rings. The first-order valence-corrected chi connectivity index (χ1v) is 5.86. The second-order valence-corrected chi connectivity index (χ2v) is 4.44. The molecule has 4 heteroatoms. The van der Waals surface area contributed by atoms with Crippen LogP contribution in [-0.2, 0) is 0 Å². The lowest BCUT2D eigenvalue weighted by molar-refractivity contribution is 0.879. The maximum atomic E-state index is 4.36. The van der Waals surface area contributed by atoms with Gasteiger partial charge in [-0.05, 0) is 27.0 Å². The number of rotatable bonds is 5.